The fourth-order valence-corrected chi connectivity index (χ4v) is 0.186. The van der Waals surface area contributed by atoms with Crippen molar-refractivity contribution in [3.63, 3.8) is 0 Å². The number of rotatable bonds is 0. The second-order valence-corrected chi connectivity index (χ2v) is 4.50. The van der Waals surface area contributed by atoms with Crippen LogP contribution in [-0.2, 0) is 20.8 Å². The maximum absolute atomic E-state index is 4.93. The summed E-state index contributed by atoms with van der Waals surface area (Å²) in [6.45, 7) is 0. The van der Waals surface area contributed by atoms with Crippen LogP contribution >= 0.6 is 17.0 Å². The molecule has 0 fully saturated rings. The molecule has 1 aromatic rings. The predicted octanol–water partition coefficient (Wildman–Crippen LogP) is 2.04. The van der Waals surface area contributed by atoms with E-state index in [1.54, 1.807) is 12.4 Å². The maximum atomic E-state index is 4.93. The van der Waals surface area contributed by atoms with E-state index in [9.17, 15) is 0 Å². The van der Waals surface area contributed by atoms with Crippen molar-refractivity contribution >= 4 is 17.0 Å². The van der Waals surface area contributed by atoms with Crippen molar-refractivity contribution in [1.29, 1.82) is 0 Å². The molecule has 0 atom stereocenters. The zero-order chi connectivity index (χ0) is 6.24. The van der Waals surface area contributed by atoms with Crippen LogP contribution in [0.1, 0.15) is 0 Å². The molecule has 5 heteroatoms. The van der Waals surface area contributed by atoms with Crippen LogP contribution in [0.25, 0.3) is 0 Å². The molecule has 9 heavy (non-hydrogen) atoms. The molecule has 2 nitrogen and oxygen atoms in total. The summed E-state index contributed by atoms with van der Waals surface area (Å²) in [5, 5.41) is 0. The average Bonchev–Trinajstić information content (AvgIpc) is 2.17. The van der Waals surface area contributed by atoms with Gasteiger partial charge in [0.15, 0.2) is 0 Å². The van der Waals surface area contributed by atoms with Gasteiger partial charge in [0, 0.05) is 0 Å². The number of nitrogens with zero attached hydrogens (tertiary/aromatic N) is 1. The molecule has 0 aromatic carbocycles. The van der Waals surface area contributed by atoms with Crippen molar-refractivity contribution in [3.8, 4) is 0 Å². The monoisotopic (exact) mass is 242 g/mol. The van der Waals surface area contributed by atoms with Gasteiger partial charge in [-0.15, -0.1) is 12.4 Å². The molecular weight excluding hydrogens is 238 g/mol. The number of aromatic nitrogens is 2. The predicted molar refractivity (Wildman–Crippen MR) is 35.5 cm³/mol. The molecule has 50 valence electrons. The molecule has 1 heterocycles. The van der Waals surface area contributed by atoms with Crippen LogP contribution in [-0.4, -0.2) is 9.97 Å². The molecule has 0 aliphatic carbocycles. The second kappa shape index (κ2) is 11.5. The smallest absolute Gasteiger partial charge is 0.00235 e. The van der Waals surface area contributed by atoms with Gasteiger partial charge in [-0.2, -0.15) is 0 Å². The Morgan fingerprint density at radius 2 is 2.11 bits per heavy atom. The van der Waals surface area contributed by atoms with Crippen molar-refractivity contribution < 1.29 is 20.8 Å². The standard InChI is InChI=1S/C3H3N2.CH3.2ClH.Zr/c1-2-5-3-4-1;;;;/h1-2H,(H,4,5);1H3;2*1H;/q2*-1;;;+4/p-2. The minimum absolute atomic E-state index is 0. The van der Waals surface area contributed by atoms with Crippen LogP contribution in [0.2, 0.25) is 0 Å². The van der Waals surface area contributed by atoms with Crippen molar-refractivity contribution in [3.05, 3.63) is 26.1 Å². The van der Waals surface area contributed by atoms with Crippen molar-refractivity contribution in [2.24, 2.45) is 0 Å². The zero-order valence-electron chi connectivity index (χ0n) is 4.86. The van der Waals surface area contributed by atoms with E-state index in [-0.39, 0.29) is 7.43 Å². The van der Waals surface area contributed by atoms with Crippen LogP contribution in [0.3, 0.4) is 0 Å². The van der Waals surface area contributed by atoms with Crippen LogP contribution < -0.4 is 0 Å². The SMILES string of the molecule is [CH3-].[Cl][Zr+2][Cl].[c-]1ncc[nH]1. The van der Waals surface area contributed by atoms with E-state index in [0.717, 1.165) is 0 Å². The molecule has 1 N–H and O–H groups in total. The van der Waals surface area contributed by atoms with Gasteiger partial charge >= 0.3 is 37.9 Å². The molecule has 0 amide bonds. The van der Waals surface area contributed by atoms with Crippen LogP contribution in [0.5, 0.6) is 0 Å². The fraction of sp³-hybridized carbons (Fsp3) is 0. The average molecular weight is 244 g/mol. The van der Waals surface area contributed by atoms with Gasteiger partial charge in [0.2, 0.25) is 0 Å². The number of H-pyrrole nitrogens is 1. The van der Waals surface area contributed by atoms with Crippen molar-refractivity contribution in [2.45, 2.75) is 0 Å². The van der Waals surface area contributed by atoms with E-state index in [1.165, 1.54) is 0 Å². The Labute approximate surface area is 73.6 Å². The van der Waals surface area contributed by atoms with E-state index in [0.29, 0.717) is 0 Å². The van der Waals surface area contributed by atoms with Gasteiger partial charge in [-0.25, -0.2) is 0 Å². The summed E-state index contributed by atoms with van der Waals surface area (Å²) in [7, 11) is 9.87. The third-order valence-corrected chi connectivity index (χ3v) is 0.362. The van der Waals surface area contributed by atoms with E-state index in [4.69, 9.17) is 17.0 Å². The number of imidazole rings is 1. The largest absolute Gasteiger partial charge is 0.467 e. The zero-order valence-corrected chi connectivity index (χ0v) is 8.83. The number of halogens is 2. The quantitative estimate of drug-likeness (QED) is 0.695. The van der Waals surface area contributed by atoms with Gasteiger partial charge in [-0.1, -0.05) is 0 Å². The Kier molecular flexibility index (Phi) is 15.7. The summed E-state index contributed by atoms with van der Waals surface area (Å²) in [6.07, 6.45) is 5.83. The topological polar surface area (TPSA) is 28.7 Å². The number of aromatic amines is 1. The molecular formula is C4H6Cl2N2Zr. The van der Waals surface area contributed by atoms with Gasteiger partial charge in [0.05, 0.1) is 0 Å². The minimum atomic E-state index is -0.826. The Hall–Kier alpha value is 0.673. The summed E-state index contributed by atoms with van der Waals surface area (Å²) in [5.74, 6) is 0. The number of nitrogens with one attached hydrogen (secondary N) is 1. The molecule has 0 saturated carbocycles. The first-order valence-electron chi connectivity index (χ1n) is 1.73. The molecule has 0 spiro atoms. The van der Waals surface area contributed by atoms with Gasteiger partial charge in [-0.3, -0.25) is 0 Å². The summed E-state index contributed by atoms with van der Waals surface area (Å²) in [5.41, 5.74) is 0. The third-order valence-electron chi connectivity index (χ3n) is 0.362. The van der Waals surface area contributed by atoms with E-state index >= 15 is 0 Å². The maximum Gasteiger partial charge on any atom is -0.00235 e. The summed E-state index contributed by atoms with van der Waals surface area (Å²) in [4.78, 5) is 6.17. The first kappa shape index (κ1) is 12.4. The Morgan fingerprint density at radius 1 is 1.56 bits per heavy atom. The summed E-state index contributed by atoms with van der Waals surface area (Å²) in [6, 6.07) is 0. The van der Waals surface area contributed by atoms with Crippen LogP contribution in [0.15, 0.2) is 12.4 Å². The molecule has 0 radical (unpaired) electrons. The first-order valence-corrected chi connectivity index (χ1v) is 8.06. The van der Waals surface area contributed by atoms with Gasteiger partial charge in [-0.05, 0) is 6.33 Å². The van der Waals surface area contributed by atoms with Gasteiger partial charge < -0.3 is 17.4 Å². The molecule has 0 bridgehead atoms. The molecule has 0 unspecified atom stereocenters. The van der Waals surface area contributed by atoms with Crippen LogP contribution in [0, 0.1) is 13.8 Å². The van der Waals surface area contributed by atoms with E-state index in [1.807, 2.05) is 0 Å². The fourth-order valence-electron chi connectivity index (χ4n) is 0.186. The van der Waals surface area contributed by atoms with Crippen molar-refractivity contribution in [1.82, 2.24) is 9.97 Å². The van der Waals surface area contributed by atoms with E-state index < -0.39 is 20.8 Å². The third kappa shape index (κ3) is 12.0. The normalized spacial score (nSPS) is 5.56. The minimum Gasteiger partial charge on any atom is -0.467 e. The molecule has 1 aromatic heterocycles. The number of hydrogen-bond donors (Lipinski definition) is 1. The molecule has 1 rings (SSSR count). The van der Waals surface area contributed by atoms with Gasteiger partial charge in [0.1, 0.15) is 0 Å². The summed E-state index contributed by atoms with van der Waals surface area (Å²) < 4.78 is 0. The van der Waals surface area contributed by atoms with E-state index in [2.05, 4.69) is 16.3 Å². The molecule has 0 aliphatic rings. The van der Waals surface area contributed by atoms with Crippen LogP contribution in [0.4, 0.5) is 0 Å². The van der Waals surface area contributed by atoms with Crippen molar-refractivity contribution in [2.75, 3.05) is 0 Å². The second-order valence-electron chi connectivity index (χ2n) is 0.772. The first-order chi connectivity index (χ1) is 3.91. The molecule has 0 aliphatic heterocycles. The Bertz CT molecular complexity index is 83.5. The number of hydrogen-bond acceptors (Lipinski definition) is 1. The Morgan fingerprint density at radius 3 is 2.22 bits per heavy atom. The Balaban J connectivity index is 0. The molecule has 0 saturated heterocycles. The summed E-state index contributed by atoms with van der Waals surface area (Å²) >= 11 is -0.826. The van der Waals surface area contributed by atoms with Gasteiger partial charge in [0.25, 0.3) is 0 Å².